The molecule has 1 unspecified atom stereocenters. The highest BCUT2D eigenvalue weighted by atomic mass is 16.5. The number of carbonyl (C=O) groups excluding carboxylic acids is 1. The topological polar surface area (TPSA) is 26.3 Å². The summed E-state index contributed by atoms with van der Waals surface area (Å²) in [6.07, 6.45) is 22.5. The number of carbonyl (C=O) groups is 1. The van der Waals surface area contributed by atoms with Crippen LogP contribution < -0.4 is 0 Å². The molecule has 0 bridgehead atoms. The van der Waals surface area contributed by atoms with Gasteiger partial charge in [-0.1, -0.05) is 78.1 Å². The summed E-state index contributed by atoms with van der Waals surface area (Å²) in [4.78, 5) is 11.6. The van der Waals surface area contributed by atoms with E-state index in [1.165, 1.54) is 76.2 Å². The molecule has 0 aromatic carbocycles. The van der Waals surface area contributed by atoms with Gasteiger partial charge < -0.3 is 4.74 Å². The monoisotopic (exact) mass is 336 g/mol. The number of rotatable bonds is 15. The van der Waals surface area contributed by atoms with Gasteiger partial charge in [-0.2, -0.15) is 0 Å². The maximum absolute atomic E-state index is 11.6. The SMILES string of the molecule is CCCCCCCCC1=COC(C=O)(CCCCCCCC)CC1. The zero-order valence-corrected chi connectivity index (χ0v) is 16.3. The fourth-order valence-electron chi connectivity index (χ4n) is 3.54. The van der Waals surface area contributed by atoms with Gasteiger partial charge in [0.2, 0.25) is 0 Å². The Morgan fingerprint density at radius 3 is 2.04 bits per heavy atom. The Kier molecular flexibility index (Phi) is 12.0. The lowest BCUT2D eigenvalue weighted by Crippen LogP contribution is -2.35. The minimum atomic E-state index is -0.518. The van der Waals surface area contributed by atoms with E-state index in [0.717, 1.165) is 38.4 Å². The maximum Gasteiger partial charge on any atom is 0.163 e. The van der Waals surface area contributed by atoms with Gasteiger partial charge in [0.1, 0.15) is 0 Å². The lowest BCUT2D eigenvalue weighted by molar-refractivity contribution is -0.127. The van der Waals surface area contributed by atoms with Gasteiger partial charge in [-0.25, -0.2) is 0 Å². The van der Waals surface area contributed by atoms with Crippen molar-refractivity contribution in [3.05, 3.63) is 11.8 Å². The molecule has 1 heterocycles. The molecular formula is C22H40O2. The maximum atomic E-state index is 11.6. The van der Waals surface area contributed by atoms with Gasteiger partial charge in [0.05, 0.1) is 6.26 Å². The Hall–Kier alpha value is -0.790. The molecule has 1 aliphatic heterocycles. The first kappa shape index (κ1) is 21.3. The fraction of sp³-hybridized carbons (Fsp3) is 0.864. The van der Waals surface area contributed by atoms with Crippen molar-refractivity contribution in [3.8, 4) is 0 Å². The van der Waals surface area contributed by atoms with Crippen LogP contribution in [-0.4, -0.2) is 11.9 Å². The van der Waals surface area contributed by atoms with Crippen LogP contribution in [0.25, 0.3) is 0 Å². The quantitative estimate of drug-likeness (QED) is 0.235. The number of ether oxygens (including phenoxy) is 1. The van der Waals surface area contributed by atoms with Crippen molar-refractivity contribution in [2.75, 3.05) is 0 Å². The van der Waals surface area contributed by atoms with E-state index < -0.39 is 5.60 Å². The average molecular weight is 337 g/mol. The first-order valence-electron chi connectivity index (χ1n) is 10.6. The predicted molar refractivity (Wildman–Crippen MR) is 103 cm³/mol. The Morgan fingerprint density at radius 2 is 1.50 bits per heavy atom. The van der Waals surface area contributed by atoms with Crippen molar-refractivity contribution in [1.29, 1.82) is 0 Å². The molecule has 0 fully saturated rings. The summed E-state index contributed by atoms with van der Waals surface area (Å²) >= 11 is 0. The summed E-state index contributed by atoms with van der Waals surface area (Å²) in [6, 6.07) is 0. The Labute approximate surface area is 150 Å². The third-order valence-electron chi connectivity index (χ3n) is 5.35. The molecular weight excluding hydrogens is 296 g/mol. The summed E-state index contributed by atoms with van der Waals surface area (Å²) < 4.78 is 5.92. The van der Waals surface area contributed by atoms with Gasteiger partial charge in [0, 0.05) is 0 Å². The molecule has 1 rings (SSSR count). The van der Waals surface area contributed by atoms with Crippen LogP contribution in [0.5, 0.6) is 0 Å². The first-order chi connectivity index (χ1) is 11.8. The summed E-state index contributed by atoms with van der Waals surface area (Å²) in [5, 5.41) is 0. The van der Waals surface area contributed by atoms with E-state index >= 15 is 0 Å². The van der Waals surface area contributed by atoms with Crippen LogP contribution >= 0.6 is 0 Å². The van der Waals surface area contributed by atoms with Gasteiger partial charge in [-0.05, 0) is 44.1 Å². The summed E-state index contributed by atoms with van der Waals surface area (Å²) in [5.74, 6) is 0. The van der Waals surface area contributed by atoms with E-state index in [4.69, 9.17) is 4.74 Å². The Balaban J connectivity index is 2.18. The van der Waals surface area contributed by atoms with Crippen LogP contribution in [0.1, 0.15) is 117 Å². The van der Waals surface area contributed by atoms with E-state index in [2.05, 4.69) is 13.8 Å². The third kappa shape index (κ3) is 8.89. The Morgan fingerprint density at radius 1 is 0.917 bits per heavy atom. The van der Waals surface area contributed by atoms with Gasteiger partial charge in [-0.3, -0.25) is 4.79 Å². The molecule has 0 amide bonds. The minimum Gasteiger partial charge on any atom is -0.487 e. The molecule has 24 heavy (non-hydrogen) atoms. The third-order valence-corrected chi connectivity index (χ3v) is 5.35. The molecule has 0 aromatic heterocycles. The standard InChI is InChI=1S/C22H40O2/c1-3-5-7-9-11-13-15-21-16-18-22(20-23,24-19-21)17-14-12-10-8-6-4-2/h19-20H,3-18H2,1-2H3. The second kappa shape index (κ2) is 13.5. The normalized spacial score (nSPS) is 20.5. The van der Waals surface area contributed by atoms with Crippen LogP contribution in [0.2, 0.25) is 0 Å². The smallest absolute Gasteiger partial charge is 0.163 e. The largest absolute Gasteiger partial charge is 0.487 e. The van der Waals surface area contributed by atoms with Crippen LogP contribution in [0.4, 0.5) is 0 Å². The van der Waals surface area contributed by atoms with Crippen molar-refractivity contribution >= 4 is 6.29 Å². The van der Waals surface area contributed by atoms with Crippen LogP contribution in [0, 0.1) is 0 Å². The van der Waals surface area contributed by atoms with Crippen molar-refractivity contribution in [2.24, 2.45) is 0 Å². The second-order valence-electron chi connectivity index (χ2n) is 7.61. The van der Waals surface area contributed by atoms with Gasteiger partial charge >= 0.3 is 0 Å². The molecule has 2 nitrogen and oxygen atoms in total. The van der Waals surface area contributed by atoms with E-state index in [0.29, 0.717) is 0 Å². The number of hydrogen-bond donors (Lipinski definition) is 0. The highest BCUT2D eigenvalue weighted by molar-refractivity contribution is 5.63. The zero-order valence-electron chi connectivity index (χ0n) is 16.3. The minimum absolute atomic E-state index is 0.518. The van der Waals surface area contributed by atoms with Crippen molar-refractivity contribution < 1.29 is 9.53 Å². The summed E-state index contributed by atoms with van der Waals surface area (Å²) in [6.45, 7) is 4.50. The van der Waals surface area contributed by atoms with Crippen molar-refractivity contribution in [3.63, 3.8) is 0 Å². The molecule has 0 saturated carbocycles. The molecule has 0 saturated heterocycles. The number of allylic oxidation sites excluding steroid dienone is 1. The number of hydrogen-bond acceptors (Lipinski definition) is 2. The van der Waals surface area contributed by atoms with Crippen LogP contribution in [-0.2, 0) is 9.53 Å². The highest BCUT2D eigenvalue weighted by Crippen LogP contribution is 2.32. The predicted octanol–water partition coefficient (Wildman–Crippen LogP) is 7.12. The van der Waals surface area contributed by atoms with Gasteiger partial charge in [-0.15, -0.1) is 0 Å². The van der Waals surface area contributed by atoms with E-state index in [1.807, 2.05) is 6.26 Å². The molecule has 2 heteroatoms. The average Bonchev–Trinajstić information content (AvgIpc) is 2.62. The fourth-order valence-corrected chi connectivity index (χ4v) is 3.54. The molecule has 0 aromatic rings. The molecule has 0 N–H and O–H groups in total. The highest BCUT2D eigenvalue weighted by Gasteiger charge is 2.33. The van der Waals surface area contributed by atoms with Gasteiger partial charge in [0.25, 0.3) is 0 Å². The van der Waals surface area contributed by atoms with E-state index in [9.17, 15) is 4.79 Å². The van der Waals surface area contributed by atoms with Crippen molar-refractivity contribution in [1.82, 2.24) is 0 Å². The number of unbranched alkanes of at least 4 members (excludes halogenated alkanes) is 10. The molecule has 0 aliphatic carbocycles. The summed E-state index contributed by atoms with van der Waals surface area (Å²) in [5.41, 5.74) is 0.890. The first-order valence-corrected chi connectivity index (χ1v) is 10.6. The number of aldehydes is 1. The molecule has 0 radical (unpaired) electrons. The summed E-state index contributed by atoms with van der Waals surface area (Å²) in [7, 11) is 0. The Bertz CT molecular complexity index is 348. The molecule has 140 valence electrons. The van der Waals surface area contributed by atoms with E-state index in [1.54, 1.807) is 0 Å². The van der Waals surface area contributed by atoms with Crippen molar-refractivity contribution in [2.45, 2.75) is 122 Å². The van der Waals surface area contributed by atoms with E-state index in [-0.39, 0.29) is 0 Å². The van der Waals surface area contributed by atoms with Crippen LogP contribution in [0.3, 0.4) is 0 Å². The lowest BCUT2D eigenvalue weighted by Gasteiger charge is -2.32. The molecule has 1 atom stereocenters. The molecule has 1 aliphatic rings. The van der Waals surface area contributed by atoms with Crippen LogP contribution in [0.15, 0.2) is 11.8 Å². The second-order valence-corrected chi connectivity index (χ2v) is 7.61. The van der Waals surface area contributed by atoms with Gasteiger partial charge in [0.15, 0.2) is 11.9 Å². The lowest BCUT2D eigenvalue weighted by atomic mass is 9.87. The zero-order chi connectivity index (χ0) is 17.5. The molecule has 0 spiro atoms.